The molecule has 0 aliphatic carbocycles. The fraction of sp³-hybridized carbons (Fsp3) is 0.625. The Labute approximate surface area is 128 Å². The summed E-state index contributed by atoms with van der Waals surface area (Å²) in [7, 11) is -3.37. The molecule has 1 N–H and O–H groups in total. The van der Waals surface area contributed by atoms with Gasteiger partial charge in [-0.3, -0.25) is 0 Å². The van der Waals surface area contributed by atoms with Crippen LogP contribution in [0.25, 0.3) is 0 Å². The predicted octanol–water partition coefficient (Wildman–Crippen LogP) is 3.30. The Morgan fingerprint density at radius 2 is 1.57 bits per heavy atom. The highest BCUT2D eigenvalue weighted by molar-refractivity contribution is 7.89. The van der Waals surface area contributed by atoms with Crippen molar-refractivity contribution in [2.24, 2.45) is 0 Å². The van der Waals surface area contributed by atoms with Gasteiger partial charge < -0.3 is 5.32 Å². The van der Waals surface area contributed by atoms with Crippen molar-refractivity contribution in [3.05, 3.63) is 23.3 Å². The van der Waals surface area contributed by atoms with Crippen molar-refractivity contribution in [3.63, 3.8) is 0 Å². The molecule has 1 aromatic carbocycles. The summed E-state index contributed by atoms with van der Waals surface area (Å²) in [6.45, 7) is 7.94. The van der Waals surface area contributed by atoms with E-state index in [1.165, 1.54) is 0 Å². The third-order valence-electron chi connectivity index (χ3n) is 4.00. The third-order valence-corrected chi connectivity index (χ3v) is 6.21. The molecule has 1 saturated heterocycles. The quantitative estimate of drug-likeness (QED) is 0.928. The second kappa shape index (κ2) is 6.79. The van der Waals surface area contributed by atoms with Crippen LogP contribution in [0.5, 0.6) is 0 Å². The van der Waals surface area contributed by atoms with Gasteiger partial charge >= 0.3 is 0 Å². The van der Waals surface area contributed by atoms with E-state index in [0.717, 1.165) is 49.0 Å². The van der Waals surface area contributed by atoms with E-state index in [0.29, 0.717) is 18.0 Å². The maximum Gasteiger partial charge on any atom is 0.243 e. The van der Waals surface area contributed by atoms with Crippen molar-refractivity contribution in [1.29, 1.82) is 0 Å². The van der Waals surface area contributed by atoms with Gasteiger partial charge in [-0.1, -0.05) is 12.8 Å². The largest absolute Gasteiger partial charge is 0.385 e. The molecule has 21 heavy (non-hydrogen) atoms. The van der Waals surface area contributed by atoms with Crippen LogP contribution in [0.3, 0.4) is 0 Å². The number of nitrogens with zero attached hydrogens (tertiary/aromatic N) is 1. The van der Waals surface area contributed by atoms with Crippen LogP contribution < -0.4 is 5.32 Å². The summed E-state index contributed by atoms with van der Waals surface area (Å²) in [5.41, 5.74) is 2.65. The minimum Gasteiger partial charge on any atom is -0.385 e. The van der Waals surface area contributed by atoms with Crippen molar-refractivity contribution >= 4 is 15.7 Å². The first-order valence-electron chi connectivity index (χ1n) is 7.82. The normalized spacial score (nSPS) is 17.5. The molecule has 0 amide bonds. The smallest absolute Gasteiger partial charge is 0.243 e. The van der Waals surface area contributed by atoms with E-state index in [1.807, 2.05) is 32.9 Å². The highest BCUT2D eigenvalue weighted by Crippen LogP contribution is 2.28. The van der Waals surface area contributed by atoms with Crippen molar-refractivity contribution in [3.8, 4) is 0 Å². The second-order valence-electron chi connectivity index (χ2n) is 5.79. The molecule has 0 spiro atoms. The number of anilines is 1. The zero-order chi connectivity index (χ0) is 15.5. The molecule has 1 aliphatic rings. The van der Waals surface area contributed by atoms with Crippen molar-refractivity contribution in [1.82, 2.24) is 4.31 Å². The maximum absolute atomic E-state index is 13.0. The van der Waals surface area contributed by atoms with Gasteiger partial charge in [0.25, 0.3) is 0 Å². The number of aryl methyl sites for hydroxylation is 2. The molecule has 118 valence electrons. The molecule has 0 atom stereocenters. The molecule has 0 bridgehead atoms. The fourth-order valence-corrected chi connectivity index (χ4v) is 5.00. The third kappa shape index (κ3) is 3.58. The van der Waals surface area contributed by atoms with E-state index in [4.69, 9.17) is 0 Å². The summed E-state index contributed by atoms with van der Waals surface area (Å²) in [6.07, 6.45) is 4.19. The van der Waals surface area contributed by atoms with Gasteiger partial charge in [-0.25, -0.2) is 8.42 Å². The number of nitrogens with one attached hydrogen (secondary N) is 1. The summed E-state index contributed by atoms with van der Waals surface area (Å²) < 4.78 is 27.6. The van der Waals surface area contributed by atoms with Crippen LogP contribution in [-0.4, -0.2) is 32.4 Å². The van der Waals surface area contributed by atoms with Crippen molar-refractivity contribution in [2.75, 3.05) is 25.0 Å². The molecule has 2 rings (SSSR count). The molecular weight excluding hydrogens is 284 g/mol. The minimum atomic E-state index is -3.37. The molecule has 0 unspecified atom stereocenters. The Bertz CT molecular complexity index is 565. The molecule has 5 heteroatoms. The SMILES string of the molecule is CCNc1cc(C)c(S(=O)(=O)N2CCCCCC2)c(C)c1. The van der Waals surface area contributed by atoms with Gasteiger partial charge in [-0.2, -0.15) is 4.31 Å². The maximum atomic E-state index is 13.0. The molecule has 4 nitrogen and oxygen atoms in total. The molecule has 0 saturated carbocycles. The van der Waals surface area contributed by atoms with Gasteiger partial charge in [-0.05, 0) is 56.9 Å². The number of rotatable bonds is 4. The molecule has 1 aliphatic heterocycles. The summed E-state index contributed by atoms with van der Waals surface area (Å²) >= 11 is 0. The standard InChI is InChI=1S/C16H26N2O2S/c1-4-17-15-11-13(2)16(14(3)12-15)21(19,20)18-9-7-5-6-8-10-18/h11-12,17H,4-10H2,1-3H3. The summed E-state index contributed by atoms with van der Waals surface area (Å²) in [5, 5.41) is 3.25. The average Bonchev–Trinajstić information content (AvgIpc) is 2.67. The lowest BCUT2D eigenvalue weighted by Gasteiger charge is -2.23. The molecule has 0 aromatic heterocycles. The second-order valence-corrected chi connectivity index (χ2v) is 7.66. The van der Waals surface area contributed by atoms with Crippen molar-refractivity contribution in [2.45, 2.75) is 51.3 Å². The van der Waals surface area contributed by atoms with E-state index >= 15 is 0 Å². The highest BCUT2D eigenvalue weighted by atomic mass is 32.2. The Kier molecular flexibility index (Phi) is 5.27. The zero-order valence-corrected chi connectivity index (χ0v) is 14.1. The van der Waals surface area contributed by atoms with E-state index in [9.17, 15) is 8.42 Å². The lowest BCUT2D eigenvalue weighted by atomic mass is 10.1. The van der Waals surface area contributed by atoms with Crippen LogP contribution in [0.4, 0.5) is 5.69 Å². The zero-order valence-electron chi connectivity index (χ0n) is 13.3. The number of hydrogen-bond acceptors (Lipinski definition) is 3. The Morgan fingerprint density at radius 3 is 2.05 bits per heavy atom. The van der Waals surface area contributed by atoms with Gasteiger partial charge in [0.2, 0.25) is 10.0 Å². The van der Waals surface area contributed by atoms with Crippen LogP contribution in [-0.2, 0) is 10.0 Å². The Balaban J connectivity index is 2.39. The van der Waals surface area contributed by atoms with Crippen LogP contribution in [0.1, 0.15) is 43.7 Å². The van der Waals surface area contributed by atoms with E-state index in [1.54, 1.807) is 4.31 Å². The van der Waals surface area contributed by atoms with E-state index in [-0.39, 0.29) is 0 Å². The van der Waals surface area contributed by atoms with Gasteiger partial charge in [0.05, 0.1) is 4.90 Å². The summed E-state index contributed by atoms with van der Waals surface area (Å²) in [5.74, 6) is 0. The highest BCUT2D eigenvalue weighted by Gasteiger charge is 2.28. The average molecular weight is 310 g/mol. The monoisotopic (exact) mass is 310 g/mol. The topological polar surface area (TPSA) is 49.4 Å². The number of benzene rings is 1. The molecule has 1 aromatic rings. The minimum absolute atomic E-state index is 0.492. The Morgan fingerprint density at radius 1 is 1.05 bits per heavy atom. The van der Waals surface area contributed by atoms with E-state index < -0.39 is 10.0 Å². The van der Waals surface area contributed by atoms with Gasteiger partial charge in [0, 0.05) is 25.3 Å². The fourth-order valence-electron chi connectivity index (χ4n) is 3.07. The van der Waals surface area contributed by atoms with Crippen LogP contribution >= 0.6 is 0 Å². The first kappa shape index (κ1) is 16.3. The van der Waals surface area contributed by atoms with Gasteiger partial charge in [-0.15, -0.1) is 0 Å². The van der Waals surface area contributed by atoms with Crippen LogP contribution in [0.15, 0.2) is 17.0 Å². The first-order valence-corrected chi connectivity index (χ1v) is 9.26. The van der Waals surface area contributed by atoms with E-state index in [2.05, 4.69) is 5.32 Å². The Hall–Kier alpha value is -1.07. The predicted molar refractivity (Wildman–Crippen MR) is 87.3 cm³/mol. The van der Waals surface area contributed by atoms with Crippen LogP contribution in [0, 0.1) is 13.8 Å². The lowest BCUT2D eigenvalue weighted by Crippen LogP contribution is -2.32. The van der Waals surface area contributed by atoms with Crippen molar-refractivity contribution < 1.29 is 8.42 Å². The molecule has 1 heterocycles. The lowest BCUT2D eigenvalue weighted by molar-refractivity contribution is 0.423. The summed E-state index contributed by atoms with van der Waals surface area (Å²) in [6, 6.07) is 3.86. The van der Waals surface area contributed by atoms with Crippen LogP contribution in [0.2, 0.25) is 0 Å². The number of hydrogen-bond donors (Lipinski definition) is 1. The molecular formula is C16H26N2O2S. The first-order chi connectivity index (χ1) is 9.96. The summed E-state index contributed by atoms with van der Waals surface area (Å²) in [4.78, 5) is 0.492. The number of sulfonamides is 1. The molecule has 1 fully saturated rings. The van der Waals surface area contributed by atoms with Gasteiger partial charge in [0.15, 0.2) is 0 Å². The molecule has 0 radical (unpaired) electrons. The van der Waals surface area contributed by atoms with Gasteiger partial charge in [0.1, 0.15) is 0 Å².